The van der Waals surface area contributed by atoms with E-state index in [1.807, 2.05) is 18.2 Å². The fourth-order valence-corrected chi connectivity index (χ4v) is 2.91. The highest BCUT2D eigenvalue weighted by Gasteiger charge is 2.23. The Morgan fingerprint density at radius 3 is 2.52 bits per heavy atom. The van der Waals surface area contributed by atoms with Crippen molar-refractivity contribution in [2.45, 2.75) is 12.8 Å². The lowest BCUT2D eigenvalue weighted by atomic mass is 10.1. The monoisotopic (exact) mass is 364 g/mol. The molecule has 0 bridgehead atoms. The van der Waals surface area contributed by atoms with Crippen molar-refractivity contribution in [1.29, 1.82) is 0 Å². The van der Waals surface area contributed by atoms with Crippen LogP contribution < -0.4 is 10.2 Å². The summed E-state index contributed by atoms with van der Waals surface area (Å²) in [4.78, 5) is 37.4. The van der Waals surface area contributed by atoms with Gasteiger partial charge >= 0.3 is 5.97 Å². The molecule has 0 unspecified atom stereocenters. The Morgan fingerprint density at radius 2 is 1.85 bits per heavy atom. The van der Waals surface area contributed by atoms with Crippen molar-refractivity contribution >= 4 is 35.2 Å². The molecule has 1 saturated heterocycles. The van der Waals surface area contributed by atoms with Crippen molar-refractivity contribution in [3.8, 4) is 0 Å². The normalized spacial score (nSPS) is 13.8. The Hall–Kier alpha value is -3.41. The molecule has 6 nitrogen and oxygen atoms in total. The Labute approximate surface area is 157 Å². The number of hydrogen-bond donors (Lipinski definition) is 1. The first-order valence-electron chi connectivity index (χ1n) is 8.65. The summed E-state index contributed by atoms with van der Waals surface area (Å²) in [6.45, 7) is 0.661. The largest absolute Gasteiger partial charge is 0.465 e. The number of para-hydroxylation sites is 2. The van der Waals surface area contributed by atoms with Gasteiger partial charge in [0, 0.05) is 19.0 Å². The van der Waals surface area contributed by atoms with Gasteiger partial charge in [0.05, 0.1) is 24.0 Å². The van der Waals surface area contributed by atoms with E-state index in [1.54, 1.807) is 41.3 Å². The SMILES string of the molecule is COC(=O)c1ccc(/C=C/C(=O)Nc2ccccc2N2CCCC2=O)cc1. The Bertz CT molecular complexity index is 887. The molecule has 0 saturated carbocycles. The molecule has 0 atom stereocenters. The van der Waals surface area contributed by atoms with E-state index >= 15 is 0 Å². The number of nitrogens with zero attached hydrogens (tertiary/aromatic N) is 1. The van der Waals surface area contributed by atoms with Gasteiger partial charge in [0.25, 0.3) is 0 Å². The van der Waals surface area contributed by atoms with Crippen molar-refractivity contribution in [2.75, 3.05) is 23.9 Å². The van der Waals surface area contributed by atoms with E-state index in [4.69, 9.17) is 0 Å². The molecule has 138 valence electrons. The number of carbonyl (C=O) groups is 3. The third-order valence-electron chi connectivity index (χ3n) is 4.29. The van der Waals surface area contributed by atoms with Gasteiger partial charge in [0.1, 0.15) is 0 Å². The van der Waals surface area contributed by atoms with Crippen LogP contribution in [0.1, 0.15) is 28.8 Å². The fourth-order valence-electron chi connectivity index (χ4n) is 2.91. The molecule has 1 heterocycles. The van der Waals surface area contributed by atoms with Crippen LogP contribution in [0.4, 0.5) is 11.4 Å². The van der Waals surface area contributed by atoms with Gasteiger partial charge in [-0.05, 0) is 42.3 Å². The van der Waals surface area contributed by atoms with Crippen LogP contribution in [0.5, 0.6) is 0 Å². The molecule has 1 N–H and O–H groups in total. The molecular weight excluding hydrogens is 344 g/mol. The molecule has 3 rings (SSSR count). The Kier molecular flexibility index (Phi) is 5.66. The van der Waals surface area contributed by atoms with E-state index in [2.05, 4.69) is 10.1 Å². The van der Waals surface area contributed by atoms with Crippen LogP contribution in [0.25, 0.3) is 6.08 Å². The minimum atomic E-state index is -0.406. The molecule has 0 radical (unpaired) electrons. The predicted octanol–water partition coefficient (Wildman–Crippen LogP) is 3.25. The number of esters is 1. The number of anilines is 2. The molecule has 1 aliphatic rings. The smallest absolute Gasteiger partial charge is 0.337 e. The van der Waals surface area contributed by atoms with Gasteiger partial charge in [-0.3, -0.25) is 9.59 Å². The summed E-state index contributed by atoms with van der Waals surface area (Å²) < 4.78 is 4.65. The first-order valence-corrected chi connectivity index (χ1v) is 8.65. The number of hydrogen-bond acceptors (Lipinski definition) is 4. The van der Waals surface area contributed by atoms with Crippen LogP contribution in [0.3, 0.4) is 0 Å². The van der Waals surface area contributed by atoms with E-state index in [1.165, 1.54) is 13.2 Å². The van der Waals surface area contributed by atoms with E-state index in [-0.39, 0.29) is 11.8 Å². The zero-order valence-corrected chi connectivity index (χ0v) is 15.0. The summed E-state index contributed by atoms with van der Waals surface area (Å²) in [5, 5.41) is 2.82. The van der Waals surface area contributed by atoms with E-state index < -0.39 is 5.97 Å². The number of ether oxygens (including phenoxy) is 1. The minimum absolute atomic E-state index is 0.0675. The van der Waals surface area contributed by atoms with Crippen molar-refractivity contribution in [3.05, 3.63) is 65.7 Å². The number of amides is 2. The summed E-state index contributed by atoms with van der Waals surface area (Å²) in [6.07, 6.45) is 4.42. The topological polar surface area (TPSA) is 75.7 Å². The molecule has 2 aromatic carbocycles. The molecule has 6 heteroatoms. The van der Waals surface area contributed by atoms with E-state index in [0.717, 1.165) is 12.0 Å². The van der Waals surface area contributed by atoms with Crippen molar-refractivity contribution in [2.24, 2.45) is 0 Å². The summed E-state index contributed by atoms with van der Waals surface area (Å²) in [5.41, 5.74) is 2.54. The van der Waals surface area contributed by atoms with Crippen LogP contribution in [-0.4, -0.2) is 31.4 Å². The van der Waals surface area contributed by atoms with Gasteiger partial charge in [0.15, 0.2) is 0 Å². The maximum absolute atomic E-state index is 12.3. The van der Waals surface area contributed by atoms with Crippen LogP contribution in [0, 0.1) is 0 Å². The highest BCUT2D eigenvalue weighted by atomic mass is 16.5. The molecule has 0 aromatic heterocycles. The van der Waals surface area contributed by atoms with Crippen LogP contribution in [-0.2, 0) is 14.3 Å². The molecule has 2 amide bonds. The third kappa shape index (κ3) is 4.41. The fraction of sp³-hybridized carbons (Fsp3) is 0.190. The first kappa shape index (κ1) is 18.4. The third-order valence-corrected chi connectivity index (χ3v) is 4.29. The van der Waals surface area contributed by atoms with Crippen molar-refractivity contribution in [3.63, 3.8) is 0 Å². The zero-order valence-electron chi connectivity index (χ0n) is 15.0. The quantitative estimate of drug-likeness (QED) is 0.653. The number of nitrogens with one attached hydrogen (secondary N) is 1. The number of methoxy groups -OCH3 is 1. The van der Waals surface area contributed by atoms with Gasteiger partial charge < -0.3 is 15.0 Å². The lowest BCUT2D eigenvalue weighted by Gasteiger charge is -2.19. The standard InChI is InChI=1S/C21H20N2O4/c1-27-21(26)16-11-8-15(9-12-16)10-13-19(24)22-17-5-2-3-6-18(17)23-14-4-7-20(23)25/h2-3,5-6,8-13H,4,7,14H2,1H3,(H,22,24)/b13-10+. The summed E-state index contributed by atoms with van der Waals surface area (Å²) in [5.74, 6) is -0.639. The molecule has 2 aromatic rings. The number of benzene rings is 2. The summed E-state index contributed by atoms with van der Waals surface area (Å²) in [6, 6.07) is 14.0. The van der Waals surface area contributed by atoms with Gasteiger partial charge in [-0.2, -0.15) is 0 Å². The molecule has 0 aliphatic carbocycles. The second kappa shape index (κ2) is 8.31. The Balaban J connectivity index is 1.68. The van der Waals surface area contributed by atoms with Gasteiger partial charge in [-0.1, -0.05) is 24.3 Å². The maximum Gasteiger partial charge on any atom is 0.337 e. The molecular formula is C21H20N2O4. The zero-order chi connectivity index (χ0) is 19.2. The minimum Gasteiger partial charge on any atom is -0.465 e. The molecule has 1 fully saturated rings. The average Bonchev–Trinajstić information content (AvgIpc) is 3.12. The van der Waals surface area contributed by atoms with Gasteiger partial charge in [-0.15, -0.1) is 0 Å². The first-order chi connectivity index (χ1) is 13.1. The number of carbonyl (C=O) groups excluding carboxylic acids is 3. The second-order valence-electron chi connectivity index (χ2n) is 6.10. The highest BCUT2D eigenvalue weighted by Crippen LogP contribution is 2.29. The summed E-state index contributed by atoms with van der Waals surface area (Å²) >= 11 is 0. The molecule has 1 aliphatic heterocycles. The van der Waals surface area contributed by atoms with Crippen molar-refractivity contribution in [1.82, 2.24) is 0 Å². The number of rotatable bonds is 5. The van der Waals surface area contributed by atoms with Crippen molar-refractivity contribution < 1.29 is 19.1 Å². The van der Waals surface area contributed by atoms with E-state index in [9.17, 15) is 14.4 Å². The van der Waals surface area contributed by atoms with Crippen LogP contribution in [0.15, 0.2) is 54.6 Å². The second-order valence-corrected chi connectivity index (χ2v) is 6.10. The highest BCUT2D eigenvalue weighted by molar-refractivity contribution is 6.06. The van der Waals surface area contributed by atoms with Crippen LogP contribution in [0.2, 0.25) is 0 Å². The summed E-state index contributed by atoms with van der Waals surface area (Å²) in [7, 11) is 1.33. The van der Waals surface area contributed by atoms with Gasteiger partial charge in [-0.25, -0.2) is 4.79 Å². The molecule has 0 spiro atoms. The molecule has 27 heavy (non-hydrogen) atoms. The maximum atomic E-state index is 12.3. The van der Waals surface area contributed by atoms with E-state index in [0.29, 0.717) is 29.9 Å². The lowest BCUT2D eigenvalue weighted by Crippen LogP contribution is -2.25. The Morgan fingerprint density at radius 1 is 1.11 bits per heavy atom. The van der Waals surface area contributed by atoms with Crippen LogP contribution >= 0.6 is 0 Å². The predicted molar refractivity (Wildman–Crippen MR) is 103 cm³/mol. The lowest BCUT2D eigenvalue weighted by molar-refractivity contribution is -0.117. The average molecular weight is 364 g/mol. The van der Waals surface area contributed by atoms with Gasteiger partial charge in [0.2, 0.25) is 11.8 Å².